The first-order chi connectivity index (χ1) is 8.61. The topological polar surface area (TPSA) is 24.9 Å². The van der Waals surface area contributed by atoms with Gasteiger partial charge in [0.1, 0.15) is 10.8 Å². The van der Waals surface area contributed by atoms with Crippen LogP contribution in [0, 0.1) is 12.7 Å². The van der Waals surface area contributed by atoms with Crippen LogP contribution in [0.15, 0.2) is 23.6 Å². The molecule has 0 spiro atoms. The van der Waals surface area contributed by atoms with E-state index in [4.69, 9.17) is 0 Å². The molecular formula is C14H17FN2S. The van der Waals surface area contributed by atoms with Gasteiger partial charge in [0.15, 0.2) is 0 Å². The van der Waals surface area contributed by atoms with Gasteiger partial charge in [-0.15, -0.1) is 11.3 Å². The molecule has 0 aliphatic rings. The second kappa shape index (κ2) is 5.59. The van der Waals surface area contributed by atoms with Gasteiger partial charge in [0.2, 0.25) is 0 Å². The average molecular weight is 264 g/mol. The van der Waals surface area contributed by atoms with Gasteiger partial charge in [-0.2, -0.15) is 0 Å². The molecule has 0 amide bonds. The summed E-state index contributed by atoms with van der Waals surface area (Å²) in [6.07, 6.45) is 0. The van der Waals surface area contributed by atoms with Crippen LogP contribution in [0.2, 0.25) is 0 Å². The van der Waals surface area contributed by atoms with Crippen LogP contribution in [-0.2, 0) is 0 Å². The summed E-state index contributed by atoms with van der Waals surface area (Å²) >= 11 is 1.55. The summed E-state index contributed by atoms with van der Waals surface area (Å²) in [6, 6.07) is 5.49. The molecule has 1 N–H and O–H groups in total. The molecule has 1 aromatic carbocycles. The van der Waals surface area contributed by atoms with Crippen molar-refractivity contribution in [3.05, 3.63) is 40.7 Å². The highest BCUT2D eigenvalue weighted by Gasteiger charge is 2.11. The number of halogens is 1. The van der Waals surface area contributed by atoms with Crippen molar-refractivity contribution >= 4 is 11.3 Å². The van der Waals surface area contributed by atoms with E-state index in [1.54, 1.807) is 30.4 Å². The minimum absolute atomic E-state index is 0.177. The largest absolute Gasteiger partial charge is 0.309 e. The monoisotopic (exact) mass is 264 g/mol. The quantitative estimate of drug-likeness (QED) is 0.905. The molecule has 0 aliphatic carbocycles. The fraction of sp³-hybridized carbons (Fsp3) is 0.357. The fourth-order valence-electron chi connectivity index (χ4n) is 1.75. The number of hydrogen-bond acceptors (Lipinski definition) is 3. The molecule has 0 saturated heterocycles. The molecule has 2 nitrogen and oxygen atoms in total. The number of thiazole rings is 1. The zero-order valence-electron chi connectivity index (χ0n) is 10.8. The van der Waals surface area contributed by atoms with Gasteiger partial charge in [-0.1, -0.05) is 19.1 Å². The molecule has 4 heteroatoms. The second-order valence-corrected chi connectivity index (χ2v) is 5.18. The maximum Gasteiger partial charge on any atom is 0.126 e. The van der Waals surface area contributed by atoms with Gasteiger partial charge < -0.3 is 5.32 Å². The summed E-state index contributed by atoms with van der Waals surface area (Å²) in [4.78, 5) is 4.56. The molecule has 96 valence electrons. The Bertz CT molecular complexity index is 536. The third-order valence-corrected chi connectivity index (χ3v) is 3.80. The van der Waals surface area contributed by atoms with Crippen LogP contribution < -0.4 is 5.32 Å². The standard InChI is InChI=1S/C14H17FN2S/c1-4-16-10(3)13-8-18-14(17-13)11-6-5-9(2)12(15)7-11/h5-8,10,16H,4H2,1-3H3. The van der Waals surface area contributed by atoms with E-state index in [1.165, 1.54) is 0 Å². The van der Waals surface area contributed by atoms with Crippen LogP contribution >= 0.6 is 11.3 Å². The Balaban J connectivity index is 2.26. The van der Waals surface area contributed by atoms with E-state index < -0.39 is 0 Å². The number of rotatable bonds is 4. The molecule has 0 radical (unpaired) electrons. The molecule has 0 saturated carbocycles. The Morgan fingerprint density at radius 2 is 2.22 bits per heavy atom. The zero-order chi connectivity index (χ0) is 13.1. The van der Waals surface area contributed by atoms with Crippen LogP contribution in [0.3, 0.4) is 0 Å². The second-order valence-electron chi connectivity index (χ2n) is 4.32. The lowest BCUT2D eigenvalue weighted by Gasteiger charge is -2.08. The molecule has 0 aliphatic heterocycles. The Morgan fingerprint density at radius 1 is 1.44 bits per heavy atom. The zero-order valence-corrected chi connectivity index (χ0v) is 11.6. The van der Waals surface area contributed by atoms with Gasteiger partial charge in [-0.25, -0.2) is 9.37 Å². The maximum absolute atomic E-state index is 13.5. The highest BCUT2D eigenvalue weighted by molar-refractivity contribution is 7.13. The first-order valence-corrected chi connectivity index (χ1v) is 6.95. The van der Waals surface area contributed by atoms with Crippen molar-refractivity contribution in [2.24, 2.45) is 0 Å². The number of aromatic nitrogens is 1. The van der Waals surface area contributed by atoms with Crippen molar-refractivity contribution in [2.45, 2.75) is 26.8 Å². The Kier molecular flexibility index (Phi) is 4.09. The van der Waals surface area contributed by atoms with E-state index in [9.17, 15) is 4.39 Å². The summed E-state index contributed by atoms with van der Waals surface area (Å²) in [6.45, 7) is 6.82. The number of benzene rings is 1. The first kappa shape index (κ1) is 13.2. The molecule has 0 fully saturated rings. The van der Waals surface area contributed by atoms with Gasteiger partial charge in [0.25, 0.3) is 0 Å². The predicted molar refractivity (Wildman–Crippen MR) is 74.3 cm³/mol. The van der Waals surface area contributed by atoms with Crippen LogP contribution in [0.5, 0.6) is 0 Å². The van der Waals surface area contributed by atoms with E-state index in [0.29, 0.717) is 5.56 Å². The Labute approximate surface area is 111 Å². The molecule has 2 aromatic rings. The van der Waals surface area contributed by atoms with Crippen molar-refractivity contribution in [1.29, 1.82) is 0 Å². The summed E-state index contributed by atoms with van der Waals surface area (Å²) in [5, 5.41) is 6.21. The molecule has 1 aromatic heterocycles. The summed E-state index contributed by atoms with van der Waals surface area (Å²) < 4.78 is 13.5. The molecule has 1 atom stereocenters. The van der Waals surface area contributed by atoms with E-state index >= 15 is 0 Å². The molecule has 0 bridgehead atoms. The summed E-state index contributed by atoms with van der Waals surface area (Å²) in [5.41, 5.74) is 2.52. The van der Waals surface area contributed by atoms with Gasteiger partial charge in [0.05, 0.1) is 5.69 Å². The number of nitrogens with zero attached hydrogens (tertiary/aromatic N) is 1. The maximum atomic E-state index is 13.5. The van der Waals surface area contributed by atoms with Gasteiger partial charge in [-0.05, 0) is 32.0 Å². The lowest BCUT2D eigenvalue weighted by Crippen LogP contribution is -2.17. The molecule has 2 rings (SSSR count). The van der Waals surface area contributed by atoms with Crippen LogP contribution in [0.25, 0.3) is 10.6 Å². The van der Waals surface area contributed by atoms with Gasteiger partial charge in [0, 0.05) is 17.0 Å². The van der Waals surface area contributed by atoms with Crippen LogP contribution in [-0.4, -0.2) is 11.5 Å². The lowest BCUT2D eigenvalue weighted by molar-refractivity contribution is 0.586. The van der Waals surface area contributed by atoms with Crippen molar-refractivity contribution in [2.75, 3.05) is 6.54 Å². The van der Waals surface area contributed by atoms with E-state index in [1.807, 2.05) is 11.4 Å². The van der Waals surface area contributed by atoms with Crippen molar-refractivity contribution in [1.82, 2.24) is 10.3 Å². The van der Waals surface area contributed by atoms with Gasteiger partial charge in [-0.3, -0.25) is 0 Å². The number of nitrogens with one attached hydrogen (secondary N) is 1. The summed E-state index contributed by atoms with van der Waals surface area (Å²) in [5.74, 6) is -0.177. The van der Waals surface area contributed by atoms with E-state index in [2.05, 4.69) is 24.1 Å². The molecule has 1 heterocycles. The molecular weight excluding hydrogens is 247 g/mol. The highest BCUT2D eigenvalue weighted by atomic mass is 32.1. The lowest BCUT2D eigenvalue weighted by atomic mass is 10.1. The minimum atomic E-state index is -0.177. The Morgan fingerprint density at radius 3 is 2.89 bits per heavy atom. The smallest absolute Gasteiger partial charge is 0.126 e. The third kappa shape index (κ3) is 2.76. The van der Waals surface area contributed by atoms with Crippen molar-refractivity contribution < 1.29 is 4.39 Å². The summed E-state index contributed by atoms with van der Waals surface area (Å²) in [7, 11) is 0. The first-order valence-electron chi connectivity index (χ1n) is 6.07. The Hall–Kier alpha value is -1.26. The van der Waals surface area contributed by atoms with Crippen molar-refractivity contribution in [3.8, 4) is 10.6 Å². The van der Waals surface area contributed by atoms with Gasteiger partial charge >= 0.3 is 0 Å². The average Bonchev–Trinajstić information content (AvgIpc) is 2.82. The predicted octanol–water partition coefficient (Wildman–Crippen LogP) is 3.93. The normalized spacial score (nSPS) is 12.7. The van der Waals surface area contributed by atoms with E-state index in [0.717, 1.165) is 22.8 Å². The highest BCUT2D eigenvalue weighted by Crippen LogP contribution is 2.27. The minimum Gasteiger partial charge on any atom is -0.309 e. The number of hydrogen-bond donors (Lipinski definition) is 1. The SMILES string of the molecule is CCNC(C)c1csc(-c2ccc(C)c(F)c2)n1. The fourth-order valence-corrected chi connectivity index (χ4v) is 2.66. The van der Waals surface area contributed by atoms with Crippen LogP contribution in [0.4, 0.5) is 4.39 Å². The van der Waals surface area contributed by atoms with E-state index in [-0.39, 0.29) is 11.9 Å². The van der Waals surface area contributed by atoms with Crippen LogP contribution in [0.1, 0.15) is 31.1 Å². The molecule has 1 unspecified atom stereocenters. The number of aryl methyl sites for hydroxylation is 1. The van der Waals surface area contributed by atoms with Crippen molar-refractivity contribution in [3.63, 3.8) is 0 Å². The molecule has 18 heavy (non-hydrogen) atoms. The third-order valence-electron chi connectivity index (χ3n) is 2.89.